The Bertz CT molecular complexity index is 681. The maximum Gasteiger partial charge on any atom is 0.335 e. The lowest BCUT2D eigenvalue weighted by molar-refractivity contribution is 0.0697. The van der Waals surface area contributed by atoms with Gasteiger partial charge >= 0.3 is 5.97 Å². The van der Waals surface area contributed by atoms with Gasteiger partial charge in [-0.1, -0.05) is 6.07 Å². The zero-order valence-corrected chi connectivity index (χ0v) is 12.2. The van der Waals surface area contributed by atoms with Crippen molar-refractivity contribution in [3.63, 3.8) is 0 Å². The normalized spacial score (nSPS) is 10.5. The Morgan fingerprint density at radius 3 is 2.45 bits per heavy atom. The first-order chi connectivity index (χ1) is 10.7. The average molecular weight is 300 g/mol. The van der Waals surface area contributed by atoms with Crippen LogP contribution in [0.2, 0.25) is 0 Å². The molecule has 22 heavy (non-hydrogen) atoms. The second-order valence-electron chi connectivity index (χ2n) is 4.34. The van der Waals surface area contributed by atoms with E-state index in [4.69, 9.17) is 14.6 Å². The lowest BCUT2D eigenvalue weighted by Gasteiger charge is -2.09. The van der Waals surface area contributed by atoms with Crippen LogP contribution in [0.15, 0.2) is 47.6 Å². The minimum absolute atomic E-state index is 0.226. The molecule has 0 radical (unpaired) electrons. The van der Waals surface area contributed by atoms with Crippen LogP contribution in [-0.2, 0) is 0 Å². The fraction of sp³-hybridized carbons (Fsp3) is 0.125. The Labute approximate surface area is 128 Å². The highest BCUT2D eigenvalue weighted by Crippen LogP contribution is 2.29. The molecule has 0 bridgehead atoms. The second kappa shape index (κ2) is 7.12. The molecule has 114 valence electrons. The van der Waals surface area contributed by atoms with Gasteiger partial charge in [-0.15, -0.1) is 0 Å². The van der Waals surface area contributed by atoms with E-state index >= 15 is 0 Å². The zero-order valence-electron chi connectivity index (χ0n) is 12.2. The van der Waals surface area contributed by atoms with Crippen LogP contribution in [0.3, 0.4) is 0 Å². The van der Waals surface area contributed by atoms with Gasteiger partial charge in [-0.25, -0.2) is 4.79 Å². The lowest BCUT2D eigenvalue weighted by atomic mass is 10.2. The van der Waals surface area contributed by atoms with E-state index < -0.39 is 5.97 Å². The maximum atomic E-state index is 10.8. The number of ether oxygens (including phenoxy) is 2. The van der Waals surface area contributed by atoms with Crippen LogP contribution in [0.5, 0.6) is 11.5 Å². The third kappa shape index (κ3) is 3.54. The molecule has 0 spiro atoms. The summed E-state index contributed by atoms with van der Waals surface area (Å²) in [7, 11) is 3.13. The van der Waals surface area contributed by atoms with Crippen LogP contribution >= 0.6 is 0 Å². The predicted octanol–water partition coefficient (Wildman–Crippen LogP) is 2.85. The number of nitrogens with one attached hydrogen (secondary N) is 1. The molecule has 0 heterocycles. The van der Waals surface area contributed by atoms with E-state index in [1.807, 2.05) is 12.1 Å². The van der Waals surface area contributed by atoms with Crippen molar-refractivity contribution in [3.8, 4) is 11.5 Å². The molecular weight excluding hydrogens is 284 g/mol. The number of carboxylic acid groups (broad SMARTS) is 1. The van der Waals surface area contributed by atoms with E-state index in [0.717, 1.165) is 5.56 Å². The summed E-state index contributed by atoms with van der Waals surface area (Å²) >= 11 is 0. The first-order valence-corrected chi connectivity index (χ1v) is 6.49. The smallest absolute Gasteiger partial charge is 0.335 e. The fourth-order valence-corrected chi connectivity index (χ4v) is 1.88. The first-order valence-electron chi connectivity index (χ1n) is 6.49. The number of hydrogen-bond donors (Lipinski definition) is 2. The number of rotatable bonds is 6. The number of anilines is 1. The number of hydrogen-bond acceptors (Lipinski definition) is 5. The van der Waals surface area contributed by atoms with Crippen LogP contribution < -0.4 is 14.9 Å². The van der Waals surface area contributed by atoms with Gasteiger partial charge in [0.05, 0.1) is 31.7 Å². The number of carboxylic acids is 1. The highest BCUT2D eigenvalue weighted by Gasteiger charge is 2.07. The third-order valence-corrected chi connectivity index (χ3v) is 2.96. The quantitative estimate of drug-likeness (QED) is 0.633. The van der Waals surface area contributed by atoms with Crippen LogP contribution in [0.25, 0.3) is 0 Å². The van der Waals surface area contributed by atoms with Crippen molar-refractivity contribution in [2.45, 2.75) is 0 Å². The van der Waals surface area contributed by atoms with Gasteiger partial charge in [0.25, 0.3) is 0 Å². The van der Waals surface area contributed by atoms with E-state index in [2.05, 4.69) is 10.5 Å². The van der Waals surface area contributed by atoms with E-state index in [1.165, 1.54) is 12.1 Å². The fourth-order valence-electron chi connectivity index (χ4n) is 1.88. The second-order valence-corrected chi connectivity index (χ2v) is 4.34. The van der Waals surface area contributed by atoms with E-state index in [0.29, 0.717) is 17.2 Å². The predicted molar refractivity (Wildman–Crippen MR) is 84.2 cm³/mol. The molecule has 0 aliphatic carbocycles. The van der Waals surface area contributed by atoms with E-state index in [1.54, 1.807) is 38.6 Å². The van der Waals surface area contributed by atoms with Gasteiger partial charge in [-0.05, 0) is 36.4 Å². The Balaban J connectivity index is 2.11. The Hall–Kier alpha value is -3.02. The van der Waals surface area contributed by atoms with Gasteiger partial charge in [0, 0.05) is 5.56 Å². The largest absolute Gasteiger partial charge is 0.493 e. The molecular formula is C16H16N2O4. The Morgan fingerprint density at radius 1 is 1.14 bits per heavy atom. The molecule has 2 N–H and O–H groups in total. The number of nitrogens with zero attached hydrogens (tertiary/aromatic N) is 1. The van der Waals surface area contributed by atoms with Gasteiger partial charge < -0.3 is 14.6 Å². The van der Waals surface area contributed by atoms with Crippen LogP contribution in [0.4, 0.5) is 5.69 Å². The first kappa shape index (κ1) is 15.4. The number of aromatic carboxylic acids is 1. The highest BCUT2D eigenvalue weighted by molar-refractivity contribution is 5.88. The highest BCUT2D eigenvalue weighted by atomic mass is 16.5. The summed E-state index contributed by atoms with van der Waals surface area (Å²) in [5.74, 6) is 0.255. The van der Waals surface area contributed by atoms with Crippen molar-refractivity contribution in [1.82, 2.24) is 0 Å². The van der Waals surface area contributed by atoms with E-state index in [-0.39, 0.29) is 5.56 Å². The minimum Gasteiger partial charge on any atom is -0.493 e. The van der Waals surface area contributed by atoms with Crippen molar-refractivity contribution in [2.75, 3.05) is 19.6 Å². The molecule has 0 fully saturated rings. The molecule has 2 aromatic carbocycles. The van der Waals surface area contributed by atoms with E-state index in [9.17, 15) is 4.79 Å². The Kier molecular flexibility index (Phi) is 4.98. The van der Waals surface area contributed by atoms with Crippen molar-refractivity contribution in [2.24, 2.45) is 5.10 Å². The summed E-state index contributed by atoms with van der Waals surface area (Å²) in [6.45, 7) is 0. The van der Waals surface area contributed by atoms with Gasteiger partial charge in [0.15, 0.2) is 11.5 Å². The van der Waals surface area contributed by atoms with Crippen molar-refractivity contribution in [1.29, 1.82) is 0 Å². The third-order valence-electron chi connectivity index (χ3n) is 2.96. The van der Waals surface area contributed by atoms with Crippen LogP contribution in [0, 0.1) is 0 Å². The summed E-state index contributed by atoms with van der Waals surface area (Å²) in [5, 5.41) is 12.9. The molecule has 0 amide bonds. The monoisotopic (exact) mass is 300 g/mol. The topological polar surface area (TPSA) is 80.2 Å². The SMILES string of the molecule is COc1cccc(/C=N\Nc2ccc(C(=O)O)cc2)c1OC. The number of benzene rings is 2. The lowest BCUT2D eigenvalue weighted by Crippen LogP contribution is -1.98. The molecule has 0 atom stereocenters. The molecule has 0 saturated heterocycles. The van der Waals surface area contributed by atoms with Gasteiger partial charge in [-0.3, -0.25) is 5.43 Å². The molecule has 0 saturated carbocycles. The molecule has 6 nitrogen and oxygen atoms in total. The zero-order chi connectivity index (χ0) is 15.9. The molecule has 0 unspecified atom stereocenters. The van der Waals surface area contributed by atoms with Crippen molar-refractivity contribution >= 4 is 17.9 Å². The molecule has 2 rings (SSSR count). The standard InChI is InChI=1S/C16H16N2O4/c1-21-14-5-3-4-12(15(14)22-2)10-17-18-13-8-6-11(7-9-13)16(19)20/h3-10,18H,1-2H3,(H,19,20)/b17-10-. The Morgan fingerprint density at radius 2 is 1.86 bits per heavy atom. The number of para-hydroxylation sites is 1. The van der Waals surface area contributed by atoms with Gasteiger partial charge in [-0.2, -0.15) is 5.10 Å². The molecule has 0 aromatic heterocycles. The number of hydrazone groups is 1. The molecule has 0 aliphatic rings. The van der Waals surface area contributed by atoms with Crippen LogP contribution in [-0.4, -0.2) is 31.5 Å². The van der Waals surface area contributed by atoms with Crippen molar-refractivity contribution in [3.05, 3.63) is 53.6 Å². The maximum absolute atomic E-state index is 10.8. The van der Waals surface area contributed by atoms with Crippen molar-refractivity contribution < 1.29 is 19.4 Å². The minimum atomic E-state index is -0.962. The average Bonchev–Trinajstić information content (AvgIpc) is 2.55. The summed E-state index contributed by atoms with van der Waals surface area (Å²) in [4.78, 5) is 10.8. The molecule has 6 heteroatoms. The van der Waals surface area contributed by atoms with Gasteiger partial charge in [0.2, 0.25) is 0 Å². The summed E-state index contributed by atoms with van der Waals surface area (Å²) in [6, 6.07) is 11.8. The molecule has 0 aliphatic heterocycles. The summed E-state index contributed by atoms with van der Waals surface area (Å²) < 4.78 is 10.5. The van der Waals surface area contributed by atoms with Gasteiger partial charge in [0.1, 0.15) is 0 Å². The number of methoxy groups -OCH3 is 2. The van der Waals surface area contributed by atoms with Crippen LogP contribution in [0.1, 0.15) is 15.9 Å². The number of carbonyl (C=O) groups is 1. The summed E-state index contributed by atoms with van der Waals surface area (Å²) in [6.07, 6.45) is 1.60. The summed E-state index contributed by atoms with van der Waals surface area (Å²) in [5.41, 5.74) is 4.50. The molecule has 2 aromatic rings.